The summed E-state index contributed by atoms with van der Waals surface area (Å²) in [7, 11) is 1.87. The first-order valence-corrected chi connectivity index (χ1v) is 3.84. The van der Waals surface area contributed by atoms with Gasteiger partial charge in [0.1, 0.15) is 0 Å². The Balaban J connectivity index is 2.88. The smallest absolute Gasteiger partial charge is 0.0641 e. The van der Waals surface area contributed by atoms with E-state index in [1.54, 1.807) is 4.68 Å². The molecule has 0 aliphatic carbocycles. The minimum absolute atomic E-state index is 0.0799. The number of aryl methyl sites for hydroxylation is 2. The van der Waals surface area contributed by atoms with Crippen molar-refractivity contribution in [3.05, 3.63) is 17.5 Å². The minimum Gasteiger partial charge on any atom is -0.323 e. The van der Waals surface area contributed by atoms with Crippen molar-refractivity contribution in [1.29, 1.82) is 0 Å². The fourth-order valence-electron chi connectivity index (χ4n) is 1.22. The van der Waals surface area contributed by atoms with E-state index in [1.807, 2.05) is 20.2 Å². The van der Waals surface area contributed by atoms with Gasteiger partial charge in [-0.25, -0.2) is 0 Å². The maximum absolute atomic E-state index is 5.82. The number of terminal acetylenes is 1. The van der Waals surface area contributed by atoms with E-state index in [0.29, 0.717) is 6.42 Å². The third kappa shape index (κ3) is 1.66. The van der Waals surface area contributed by atoms with Crippen molar-refractivity contribution in [2.45, 2.75) is 19.4 Å². The van der Waals surface area contributed by atoms with Crippen LogP contribution < -0.4 is 5.73 Å². The molecule has 0 amide bonds. The van der Waals surface area contributed by atoms with Crippen molar-refractivity contribution in [1.82, 2.24) is 9.78 Å². The molecule has 0 saturated heterocycles. The summed E-state index contributed by atoms with van der Waals surface area (Å²) in [5, 5.41) is 4.18. The molecule has 3 nitrogen and oxygen atoms in total. The highest BCUT2D eigenvalue weighted by Crippen LogP contribution is 2.15. The van der Waals surface area contributed by atoms with Gasteiger partial charge in [0.25, 0.3) is 0 Å². The van der Waals surface area contributed by atoms with Gasteiger partial charge in [0.15, 0.2) is 0 Å². The zero-order valence-electron chi connectivity index (χ0n) is 7.41. The number of rotatable bonds is 2. The summed E-state index contributed by atoms with van der Waals surface area (Å²) in [5.74, 6) is 2.54. The number of aromatic nitrogens is 2. The monoisotopic (exact) mass is 163 g/mol. The van der Waals surface area contributed by atoms with E-state index >= 15 is 0 Å². The van der Waals surface area contributed by atoms with E-state index in [4.69, 9.17) is 12.2 Å². The van der Waals surface area contributed by atoms with E-state index in [9.17, 15) is 0 Å². The van der Waals surface area contributed by atoms with Crippen molar-refractivity contribution >= 4 is 0 Å². The highest BCUT2D eigenvalue weighted by Gasteiger charge is 2.10. The molecule has 1 unspecified atom stereocenters. The molecule has 1 atom stereocenters. The van der Waals surface area contributed by atoms with Crippen LogP contribution in [0.5, 0.6) is 0 Å². The van der Waals surface area contributed by atoms with Gasteiger partial charge in [-0.05, 0) is 6.92 Å². The first kappa shape index (κ1) is 8.82. The first-order chi connectivity index (χ1) is 5.65. The van der Waals surface area contributed by atoms with Crippen LogP contribution in [0.4, 0.5) is 0 Å². The van der Waals surface area contributed by atoms with Crippen LogP contribution >= 0.6 is 0 Å². The molecule has 12 heavy (non-hydrogen) atoms. The molecule has 0 fully saturated rings. The van der Waals surface area contributed by atoms with Crippen LogP contribution in [0.3, 0.4) is 0 Å². The summed E-state index contributed by atoms with van der Waals surface area (Å²) in [5.41, 5.74) is 7.82. The van der Waals surface area contributed by atoms with Gasteiger partial charge in [0.05, 0.1) is 5.69 Å². The predicted octanol–water partition coefficient (Wildman–Crippen LogP) is 0.752. The highest BCUT2D eigenvalue weighted by molar-refractivity contribution is 5.20. The minimum atomic E-state index is -0.0799. The average Bonchev–Trinajstić information content (AvgIpc) is 2.30. The average molecular weight is 163 g/mol. The van der Waals surface area contributed by atoms with Crippen LogP contribution in [0.15, 0.2) is 6.20 Å². The summed E-state index contributed by atoms with van der Waals surface area (Å²) in [4.78, 5) is 0. The Labute approximate surface area is 72.6 Å². The maximum Gasteiger partial charge on any atom is 0.0641 e. The molecule has 0 radical (unpaired) electrons. The van der Waals surface area contributed by atoms with E-state index in [-0.39, 0.29) is 6.04 Å². The van der Waals surface area contributed by atoms with Crippen LogP contribution in [-0.2, 0) is 7.05 Å². The molecular formula is C9H13N3. The molecule has 1 rings (SSSR count). The van der Waals surface area contributed by atoms with Crippen molar-refractivity contribution in [2.75, 3.05) is 0 Å². The van der Waals surface area contributed by atoms with Crippen LogP contribution in [0.25, 0.3) is 0 Å². The van der Waals surface area contributed by atoms with E-state index < -0.39 is 0 Å². The molecule has 1 aromatic rings. The van der Waals surface area contributed by atoms with Gasteiger partial charge in [-0.1, -0.05) is 0 Å². The molecule has 0 aromatic carbocycles. The van der Waals surface area contributed by atoms with Crippen molar-refractivity contribution in [3.63, 3.8) is 0 Å². The SMILES string of the molecule is C#CCC(N)c1cn(C)nc1C. The Kier molecular flexibility index (Phi) is 2.51. The zero-order chi connectivity index (χ0) is 9.14. The Morgan fingerprint density at radius 3 is 2.92 bits per heavy atom. The third-order valence-corrected chi connectivity index (χ3v) is 1.79. The summed E-state index contributed by atoms with van der Waals surface area (Å²) in [6, 6.07) is -0.0799. The number of hydrogen-bond acceptors (Lipinski definition) is 2. The Morgan fingerprint density at radius 1 is 1.83 bits per heavy atom. The van der Waals surface area contributed by atoms with Gasteiger partial charge in [-0.3, -0.25) is 4.68 Å². The normalized spacial score (nSPS) is 12.5. The lowest BCUT2D eigenvalue weighted by Crippen LogP contribution is -2.09. The second kappa shape index (κ2) is 3.42. The molecule has 64 valence electrons. The lowest BCUT2D eigenvalue weighted by molar-refractivity contribution is 0.743. The molecular weight excluding hydrogens is 150 g/mol. The molecule has 1 aromatic heterocycles. The fourth-order valence-corrected chi connectivity index (χ4v) is 1.22. The quantitative estimate of drug-likeness (QED) is 0.654. The van der Waals surface area contributed by atoms with Gasteiger partial charge < -0.3 is 5.73 Å². The number of hydrogen-bond donors (Lipinski definition) is 1. The Hall–Kier alpha value is -1.27. The molecule has 2 N–H and O–H groups in total. The topological polar surface area (TPSA) is 43.8 Å². The molecule has 0 bridgehead atoms. The van der Waals surface area contributed by atoms with Crippen molar-refractivity contribution in [3.8, 4) is 12.3 Å². The van der Waals surface area contributed by atoms with E-state index in [2.05, 4.69) is 11.0 Å². The largest absolute Gasteiger partial charge is 0.323 e. The molecule has 0 aliphatic rings. The first-order valence-electron chi connectivity index (χ1n) is 3.84. The zero-order valence-corrected chi connectivity index (χ0v) is 7.41. The molecule has 0 spiro atoms. The van der Waals surface area contributed by atoms with Crippen LogP contribution in [0.2, 0.25) is 0 Å². The summed E-state index contributed by atoms with van der Waals surface area (Å²) in [6.07, 6.45) is 7.64. The van der Waals surface area contributed by atoms with Crippen LogP contribution in [0.1, 0.15) is 23.7 Å². The van der Waals surface area contributed by atoms with Crippen LogP contribution in [0, 0.1) is 19.3 Å². The lowest BCUT2D eigenvalue weighted by atomic mass is 10.1. The van der Waals surface area contributed by atoms with Gasteiger partial charge >= 0.3 is 0 Å². The van der Waals surface area contributed by atoms with Gasteiger partial charge in [0, 0.05) is 31.3 Å². The molecule has 0 aliphatic heterocycles. The summed E-state index contributed by atoms with van der Waals surface area (Å²) in [6.45, 7) is 1.94. The van der Waals surface area contributed by atoms with Gasteiger partial charge in [0.2, 0.25) is 0 Å². The Bertz CT molecular complexity index is 306. The molecule has 3 heteroatoms. The molecule has 1 heterocycles. The van der Waals surface area contributed by atoms with Crippen molar-refractivity contribution < 1.29 is 0 Å². The van der Waals surface area contributed by atoms with Gasteiger partial charge in [-0.15, -0.1) is 12.3 Å². The Morgan fingerprint density at radius 2 is 2.50 bits per heavy atom. The van der Waals surface area contributed by atoms with E-state index in [0.717, 1.165) is 11.3 Å². The summed E-state index contributed by atoms with van der Waals surface area (Å²) < 4.78 is 1.75. The predicted molar refractivity (Wildman–Crippen MR) is 48.3 cm³/mol. The third-order valence-electron chi connectivity index (χ3n) is 1.79. The van der Waals surface area contributed by atoms with Gasteiger partial charge in [-0.2, -0.15) is 5.10 Å². The number of nitrogens with two attached hydrogens (primary N) is 1. The second-order valence-electron chi connectivity index (χ2n) is 2.86. The standard InChI is InChI=1S/C9H13N3/c1-4-5-9(10)8-6-12(3)11-7(8)2/h1,6,9H,5,10H2,2-3H3. The van der Waals surface area contributed by atoms with Crippen LogP contribution in [-0.4, -0.2) is 9.78 Å². The second-order valence-corrected chi connectivity index (χ2v) is 2.86. The number of nitrogens with zero attached hydrogens (tertiary/aromatic N) is 2. The summed E-state index contributed by atoms with van der Waals surface area (Å²) >= 11 is 0. The highest BCUT2D eigenvalue weighted by atomic mass is 15.2. The fraction of sp³-hybridized carbons (Fsp3) is 0.444. The van der Waals surface area contributed by atoms with Crippen molar-refractivity contribution in [2.24, 2.45) is 12.8 Å². The lowest BCUT2D eigenvalue weighted by Gasteiger charge is -2.04. The maximum atomic E-state index is 5.82. The molecule has 0 saturated carbocycles. The van der Waals surface area contributed by atoms with E-state index in [1.165, 1.54) is 0 Å².